The summed E-state index contributed by atoms with van der Waals surface area (Å²) in [6, 6.07) is 9.28. The molecule has 0 fully saturated rings. The monoisotopic (exact) mass is 367 g/mol. The number of esters is 1. The van der Waals surface area contributed by atoms with Gasteiger partial charge in [0.25, 0.3) is 11.5 Å². The van der Waals surface area contributed by atoms with Crippen LogP contribution in [0.3, 0.4) is 0 Å². The van der Waals surface area contributed by atoms with E-state index in [9.17, 15) is 14.4 Å². The van der Waals surface area contributed by atoms with Crippen molar-refractivity contribution in [2.24, 2.45) is 0 Å². The number of ether oxygens (including phenoxy) is 1. The van der Waals surface area contributed by atoms with Crippen LogP contribution >= 0.6 is 0 Å². The molecule has 0 atom stereocenters. The van der Waals surface area contributed by atoms with Gasteiger partial charge in [-0.25, -0.2) is 9.78 Å². The van der Waals surface area contributed by atoms with Gasteiger partial charge < -0.3 is 10.1 Å². The number of nitrogens with one attached hydrogen (secondary N) is 2. The third-order valence-corrected chi connectivity index (χ3v) is 3.71. The summed E-state index contributed by atoms with van der Waals surface area (Å²) in [4.78, 5) is 43.2. The quantitative estimate of drug-likeness (QED) is 0.676. The van der Waals surface area contributed by atoms with Crippen LogP contribution in [0.4, 0.5) is 5.82 Å². The fraction of sp³-hybridized carbons (Fsp3) is 0.167. The van der Waals surface area contributed by atoms with Crippen molar-refractivity contribution in [3.8, 4) is 5.95 Å². The van der Waals surface area contributed by atoms with Crippen LogP contribution in [0, 0.1) is 13.8 Å². The molecule has 0 unspecified atom stereocenters. The summed E-state index contributed by atoms with van der Waals surface area (Å²) in [5, 5.41) is 6.96. The Labute approximate surface area is 154 Å². The van der Waals surface area contributed by atoms with Gasteiger partial charge in [0.2, 0.25) is 5.95 Å². The number of anilines is 1. The molecular formula is C18H17N5O4. The largest absolute Gasteiger partial charge is 0.465 e. The third-order valence-electron chi connectivity index (χ3n) is 3.71. The van der Waals surface area contributed by atoms with E-state index in [1.807, 2.05) is 0 Å². The second kappa shape index (κ2) is 7.24. The van der Waals surface area contributed by atoms with E-state index in [4.69, 9.17) is 4.74 Å². The van der Waals surface area contributed by atoms with Crippen molar-refractivity contribution in [2.75, 3.05) is 12.4 Å². The summed E-state index contributed by atoms with van der Waals surface area (Å²) in [6.45, 7) is 3.42. The molecular weight excluding hydrogens is 350 g/mol. The van der Waals surface area contributed by atoms with Gasteiger partial charge in [0, 0.05) is 17.8 Å². The van der Waals surface area contributed by atoms with E-state index in [1.54, 1.807) is 32.0 Å². The number of rotatable bonds is 4. The number of hydrogen-bond donors (Lipinski definition) is 2. The molecule has 2 N–H and O–H groups in total. The van der Waals surface area contributed by atoms with Gasteiger partial charge in [-0.1, -0.05) is 12.1 Å². The number of aromatic nitrogens is 4. The van der Waals surface area contributed by atoms with Crippen LogP contribution < -0.4 is 10.9 Å². The summed E-state index contributed by atoms with van der Waals surface area (Å²) < 4.78 is 6.04. The Kier molecular flexibility index (Phi) is 4.84. The molecule has 1 aromatic carbocycles. The normalized spacial score (nSPS) is 10.5. The van der Waals surface area contributed by atoms with Crippen molar-refractivity contribution in [2.45, 2.75) is 13.8 Å². The van der Waals surface area contributed by atoms with E-state index >= 15 is 0 Å². The van der Waals surface area contributed by atoms with Crippen molar-refractivity contribution < 1.29 is 14.3 Å². The first kappa shape index (κ1) is 18.1. The number of methoxy groups -OCH3 is 1. The summed E-state index contributed by atoms with van der Waals surface area (Å²) in [6.07, 6.45) is 0. The Hall–Kier alpha value is -3.75. The smallest absolute Gasteiger partial charge is 0.338 e. The van der Waals surface area contributed by atoms with Crippen LogP contribution in [0.1, 0.15) is 32.1 Å². The van der Waals surface area contributed by atoms with Gasteiger partial charge in [-0.15, -0.1) is 0 Å². The molecule has 2 aromatic heterocycles. The first-order valence-electron chi connectivity index (χ1n) is 8.02. The summed E-state index contributed by atoms with van der Waals surface area (Å²) >= 11 is 0. The van der Waals surface area contributed by atoms with Crippen molar-refractivity contribution >= 4 is 17.7 Å². The second-order valence-corrected chi connectivity index (χ2v) is 5.78. The molecule has 0 radical (unpaired) electrons. The van der Waals surface area contributed by atoms with E-state index < -0.39 is 11.9 Å². The summed E-state index contributed by atoms with van der Waals surface area (Å²) in [5.74, 6) is -0.669. The Balaban J connectivity index is 1.99. The number of carbonyl (C=O) groups is 2. The van der Waals surface area contributed by atoms with Crippen molar-refractivity contribution in [1.82, 2.24) is 19.7 Å². The molecule has 2 heterocycles. The van der Waals surface area contributed by atoms with Gasteiger partial charge in [0.15, 0.2) is 0 Å². The molecule has 9 heteroatoms. The van der Waals surface area contributed by atoms with Gasteiger partial charge in [0.1, 0.15) is 5.82 Å². The summed E-state index contributed by atoms with van der Waals surface area (Å²) in [5.41, 5.74) is 1.08. The van der Waals surface area contributed by atoms with Crippen LogP contribution in [0.25, 0.3) is 5.95 Å². The maximum atomic E-state index is 12.7. The van der Waals surface area contributed by atoms with E-state index in [2.05, 4.69) is 20.4 Å². The molecule has 9 nitrogen and oxygen atoms in total. The van der Waals surface area contributed by atoms with Crippen LogP contribution in [-0.2, 0) is 4.74 Å². The average molecular weight is 367 g/mol. The van der Waals surface area contributed by atoms with Gasteiger partial charge in [-0.05, 0) is 26.0 Å². The van der Waals surface area contributed by atoms with Gasteiger partial charge in [-0.2, -0.15) is 9.78 Å². The van der Waals surface area contributed by atoms with Gasteiger partial charge in [-0.3, -0.25) is 14.6 Å². The minimum Gasteiger partial charge on any atom is -0.465 e. The Bertz CT molecular complexity index is 1080. The topological polar surface area (TPSA) is 119 Å². The molecule has 3 aromatic rings. The number of aryl methyl sites for hydroxylation is 2. The molecule has 0 aliphatic heterocycles. The van der Waals surface area contributed by atoms with Crippen LogP contribution in [-0.4, -0.2) is 38.7 Å². The van der Waals surface area contributed by atoms with E-state index in [0.717, 1.165) is 0 Å². The zero-order valence-electron chi connectivity index (χ0n) is 14.9. The zero-order chi connectivity index (χ0) is 19.6. The highest BCUT2D eigenvalue weighted by atomic mass is 16.5. The van der Waals surface area contributed by atoms with E-state index in [-0.39, 0.29) is 22.6 Å². The summed E-state index contributed by atoms with van der Waals surface area (Å²) in [7, 11) is 1.25. The van der Waals surface area contributed by atoms with Crippen molar-refractivity contribution in [3.63, 3.8) is 0 Å². The SMILES string of the molecule is COC(=O)c1ccccc1C(=O)Nc1cc(C)nn1-c1nc(C)cc(=O)[nH]1. The highest BCUT2D eigenvalue weighted by molar-refractivity contribution is 6.10. The maximum absolute atomic E-state index is 12.7. The third kappa shape index (κ3) is 3.76. The molecule has 1 amide bonds. The predicted octanol–water partition coefficient (Wildman–Crippen LogP) is 1.61. The Morgan fingerprint density at radius 1 is 1.11 bits per heavy atom. The molecule has 0 saturated carbocycles. The molecule has 0 aliphatic rings. The van der Waals surface area contributed by atoms with Crippen molar-refractivity contribution in [3.05, 3.63) is 69.3 Å². The molecule has 138 valence electrons. The standard InChI is InChI=1S/C18H17N5O4/c1-10-9-15(24)21-18(19-10)23-14(8-11(2)22-23)20-16(25)12-6-4-5-7-13(12)17(26)27-3/h4-9H,1-3H3,(H,20,25)(H,19,21,24). The highest BCUT2D eigenvalue weighted by Gasteiger charge is 2.19. The lowest BCUT2D eigenvalue weighted by Gasteiger charge is -2.10. The number of H-pyrrole nitrogens is 1. The lowest BCUT2D eigenvalue weighted by molar-refractivity contribution is 0.0597. The number of nitrogens with zero attached hydrogens (tertiary/aromatic N) is 3. The molecule has 27 heavy (non-hydrogen) atoms. The fourth-order valence-corrected chi connectivity index (χ4v) is 2.57. The number of benzene rings is 1. The van der Waals surface area contributed by atoms with Crippen LogP contribution in [0.2, 0.25) is 0 Å². The zero-order valence-corrected chi connectivity index (χ0v) is 14.9. The Morgan fingerprint density at radius 2 is 1.81 bits per heavy atom. The first-order chi connectivity index (χ1) is 12.9. The fourth-order valence-electron chi connectivity index (χ4n) is 2.57. The molecule has 0 saturated heterocycles. The highest BCUT2D eigenvalue weighted by Crippen LogP contribution is 2.17. The lowest BCUT2D eigenvalue weighted by Crippen LogP contribution is -2.20. The average Bonchev–Trinajstić information content (AvgIpc) is 3.00. The van der Waals surface area contributed by atoms with E-state index in [0.29, 0.717) is 17.2 Å². The molecule has 0 spiro atoms. The minimum atomic E-state index is -0.616. The van der Waals surface area contributed by atoms with Crippen LogP contribution in [0.5, 0.6) is 0 Å². The lowest BCUT2D eigenvalue weighted by atomic mass is 10.1. The first-order valence-corrected chi connectivity index (χ1v) is 8.02. The number of aromatic amines is 1. The second-order valence-electron chi connectivity index (χ2n) is 5.78. The predicted molar refractivity (Wildman–Crippen MR) is 97.2 cm³/mol. The van der Waals surface area contributed by atoms with Crippen molar-refractivity contribution in [1.29, 1.82) is 0 Å². The Morgan fingerprint density at radius 3 is 2.48 bits per heavy atom. The number of carbonyl (C=O) groups excluding carboxylic acids is 2. The minimum absolute atomic E-state index is 0.141. The number of amides is 1. The molecule has 0 aliphatic carbocycles. The van der Waals surface area contributed by atoms with E-state index in [1.165, 1.54) is 30.0 Å². The molecule has 0 bridgehead atoms. The van der Waals surface area contributed by atoms with Gasteiger partial charge in [0.05, 0.1) is 23.9 Å². The van der Waals surface area contributed by atoms with Crippen LogP contribution in [0.15, 0.2) is 41.2 Å². The number of hydrogen-bond acceptors (Lipinski definition) is 6. The van der Waals surface area contributed by atoms with Gasteiger partial charge >= 0.3 is 5.97 Å². The maximum Gasteiger partial charge on any atom is 0.338 e. The molecule has 3 rings (SSSR count).